The number of aryl methyl sites for hydroxylation is 2. The van der Waals surface area contributed by atoms with Crippen molar-refractivity contribution in [2.45, 2.75) is 59.2 Å². The summed E-state index contributed by atoms with van der Waals surface area (Å²) in [4.78, 5) is 29.0. The van der Waals surface area contributed by atoms with E-state index in [0.717, 1.165) is 32.3 Å². The van der Waals surface area contributed by atoms with Crippen molar-refractivity contribution in [3.8, 4) is 0 Å². The molecule has 1 unspecified atom stereocenters. The third-order valence-electron chi connectivity index (χ3n) is 5.79. The van der Waals surface area contributed by atoms with E-state index in [4.69, 9.17) is 0 Å². The maximum Gasteiger partial charge on any atom is 0.243 e. The van der Waals surface area contributed by atoms with E-state index in [1.165, 1.54) is 0 Å². The Morgan fingerprint density at radius 3 is 2.29 bits per heavy atom. The molecule has 0 fully saturated rings. The fourth-order valence-electron chi connectivity index (χ4n) is 4.02. The molecular formula is C29H33BrN2O2. The minimum absolute atomic E-state index is 0.0207. The quantitative estimate of drug-likeness (QED) is 0.389. The molecule has 34 heavy (non-hydrogen) atoms. The van der Waals surface area contributed by atoms with Gasteiger partial charge < -0.3 is 10.2 Å². The summed E-state index contributed by atoms with van der Waals surface area (Å²) in [6.45, 7) is 8.28. The number of nitrogens with one attached hydrogen (secondary N) is 1. The first kappa shape index (κ1) is 25.7. The fourth-order valence-corrected chi connectivity index (χ4v) is 4.47. The van der Waals surface area contributed by atoms with Crippen LogP contribution in [0.1, 0.15) is 41.7 Å². The molecule has 0 aromatic heterocycles. The highest BCUT2D eigenvalue weighted by Gasteiger charge is 2.31. The van der Waals surface area contributed by atoms with Crippen molar-refractivity contribution < 1.29 is 9.59 Å². The van der Waals surface area contributed by atoms with Gasteiger partial charge in [0, 0.05) is 23.5 Å². The van der Waals surface area contributed by atoms with Crippen molar-refractivity contribution >= 4 is 27.7 Å². The van der Waals surface area contributed by atoms with Gasteiger partial charge in [-0.15, -0.1) is 0 Å². The Morgan fingerprint density at radius 1 is 0.912 bits per heavy atom. The first-order valence-corrected chi connectivity index (χ1v) is 12.5. The summed E-state index contributed by atoms with van der Waals surface area (Å²) in [7, 11) is 0. The Kier molecular flexibility index (Phi) is 9.05. The van der Waals surface area contributed by atoms with E-state index in [-0.39, 0.29) is 24.3 Å². The summed E-state index contributed by atoms with van der Waals surface area (Å²) in [6.07, 6.45) is 0.702. The van der Waals surface area contributed by atoms with E-state index < -0.39 is 6.04 Å². The van der Waals surface area contributed by atoms with Crippen molar-refractivity contribution in [3.63, 3.8) is 0 Å². The first-order valence-electron chi connectivity index (χ1n) is 11.7. The molecule has 0 radical (unpaired) electrons. The van der Waals surface area contributed by atoms with Crippen molar-refractivity contribution in [2.24, 2.45) is 0 Å². The van der Waals surface area contributed by atoms with Gasteiger partial charge in [0.1, 0.15) is 6.04 Å². The molecule has 2 amide bonds. The molecule has 5 heteroatoms. The lowest BCUT2D eigenvalue weighted by molar-refractivity contribution is -0.141. The summed E-state index contributed by atoms with van der Waals surface area (Å²) in [6, 6.07) is 23.3. The van der Waals surface area contributed by atoms with E-state index >= 15 is 0 Å². The second-order valence-electron chi connectivity index (χ2n) is 9.13. The van der Waals surface area contributed by atoms with Crippen molar-refractivity contribution in [1.29, 1.82) is 0 Å². The zero-order valence-corrected chi connectivity index (χ0v) is 21.9. The fraction of sp³-hybridized carbons (Fsp3) is 0.310. The molecule has 1 atom stereocenters. The molecule has 3 aromatic carbocycles. The van der Waals surface area contributed by atoms with Crippen LogP contribution in [0.3, 0.4) is 0 Å². The highest BCUT2D eigenvalue weighted by Crippen LogP contribution is 2.20. The lowest BCUT2D eigenvalue weighted by Crippen LogP contribution is -2.52. The Labute approximate surface area is 211 Å². The Hall–Kier alpha value is -2.92. The molecule has 0 aliphatic heterocycles. The molecule has 0 aliphatic rings. The summed E-state index contributed by atoms with van der Waals surface area (Å²) in [5.74, 6) is -0.198. The van der Waals surface area contributed by atoms with Crippen LogP contribution in [0.15, 0.2) is 77.3 Å². The van der Waals surface area contributed by atoms with Crippen LogP contribution in [0, 0.1) is 13.8 Å². The molecule has 3 aromatic rings. The van der Waals surface area contributed by atoms with Crippen LogP contribution in [0.2, 0.25) is 0 Å². The molecule has 4 nitrogen and oxygen atoms in total. The van der Waals surface area contributed by atoms with Gasteiger partial charge in [0.25, 0.3) is 0 Å². The van der Waals surface area contributed by atoms with Crippen LogP contribution in [0.4, 0.5) is 0 Å². The van der Waals surface area contributed by atoms with Gasteiger partial charge >= 0.3 is 0 Å². The zero-order valence-electron chi connectivity index (χ0n) is 20.3. The van der Waals surface area contributed by atoms with Crippen LogP contribution >= 0.6 is 15.9 Å². The highest BCUT2D eigenvalue weighted by atomic mass is 79.9. The summed E-state index contributed by atoms with van der Waals surface area (Å²) in [5, 5.41) is 3.04. The first-order chi connectivity index (χ1) is 16.2. The van der Waals surface area contributed by atoms with Crippen molar-refractivity contribution in [3.05, 3.63) is 105 Å². The Morgan fingerprint density at radius 2 is 1.62 bits per heavy atom. The number of carbonyl (C=O) groups excluding carboxylic acids is 2. The smallest absolute Gasteiger partial charge is 0.243 e. The molecule has 3 rings (SSSR count). The lowest BCUT2D eigenvalue weighted by atomic mass is 9.99. The van der Waals surface area contributed by atoms with E-state index in [1.54, 1.807) is 4.90 Å². The zero-order chi connectivity index (χ0) is 24.7. The van der Waals surface area contributed by atoms with Gasteiger partial charge in [-0.05, 0) is 62.1 Å². The lowest BCUT2D eigenvalue weighted by Gasteiger charge is -2.32. The second kappa shape index (κ2) is 12.0. The molecule has 0 heterocycles. The van der Waals surface area contributed by atoms with E-state index in [1.807, 2.05) is 88.4 Å². The van der Waals surface area contributed by atoms with Gasteiger partial charge in [-0.3, -0.25) is 9.59 Å². The monoisotopic (exact) mass is 520 g/mol. The van der Waals surface area contributed by atoms with Crippen LogP contribution in [0.25, 0.3) is 0 Å². The summed E-state index contributed by atoms with van der Waals surface area (Å²) in [5.41, 5.74) is 5.18. The molecule has 1 N–H and O–H groups in total. The van der Waals surface area contributed by atoms with Gasteiger partial charge in [-0.2, -0.15) is 0 Å². The van der Waals surface area contributed by atoms with Gasteiger partial charge in [-0.1, -0.05) is 82.2 Å². The average Bonchev–Trinajstić information content (AvgIpc) is 2.79. The minimum Gasteiger partial charge on any atom is -0.352 e. The van der Waals surface area contributed by atoms with E-state index in [0.29, 0.717) is 13.0 Å². The number of nitrogens with zero attached hydrogens (tertiary/aromatic N) is 1. The molecule has 0 bridgehead atoms. The van der Waals surface area contributed by atoms with Crippen LogP contribution < -0.4 is 5.32 Å². The van der Waals surface area contributed by atoms with Crippen LogP contribution in [0.5, 0.6) is 0 Å². The van der Waals surface area contributed by atoms with E-state index in [2.05, 4.69) is 33.4 Å². The van der Waals surface area contributed by atoms with E-state index in [9.17, 15) is 9.59 Å². The third-order valence-corrected chi connectivity index (χ3v) is 6.28. The van der Waals surface area contributed by atoms with Crippen LogP contribution in [-0.2, 0) is 29.0 Å². The summed E-state index contributed by atoms with van der Waals surface area (Å²) < 4.78 is 0.943. The number of hydrogen-bond donors (Lipinski definition) is 1. The summed E-state index contributed by atoms with van der Waals surface area (Å²) >= 11 is 3.53. The minimum atomic E-state index is -0.624. The third kappa shape index (κ3) is 7.29. The standard InChI is InChI=1S/C29H33BrN2O2/c1-20(2)31-29(34)27(17-23-9-6-5-7-10-23)32(19-24-11-8-12-26(30)16-24)28(33)18-25-15-21(3)13-14-22(25)4/h5-16,20,27H,17-19H2,1-4H3,(H,31,34). The maximum absolute atomic E-state index is 13.8. The maximum atomic E-state index is 13.8. The topological polar surface area (TPSA) is 49.4 Å². The Balaban J connectivity index is 2.00. The molecule has 0 saturated heterocycles. The van der Waals surface area contributed by atoms with Gasteiger partial charge in [0.05, 0.1) is 6.42 Å². The van der Waals surface area contributed by atoms with Crippen LogP contribution in [-0.4, -0.2) is 28.8 Å². The predicted molar refractivity (Wildman–Crippen MR) is 142 cm³/mol. The molecule has 0 saturated carbocycles. The largest absolute Gasteiger partial charge is 0.352 e. The number of rotatable bonds is 9. The SMILES string of the molecule is Cc1ccc(C)c(CC(=O)N(Cc2cccc(Br)c2)C(Cc2ccccc2)C(=O)NC(C)C)c1. The number of halogens is 1. The number of carbonyl (C=O) groups is 2. The number of amides is 2. The molecule has 0 spiro atoms. The van der Waals surface area contributed by atoms with Gasteiger partial charge in [-0.25, -0.2) is 0 Å². The van der Waals surface area contributed by atoms with Crippen molar-refractivity contribution in [2.75, 3.05) is 0 Å². The molecule has 0 aliphatic carbocycles. The highest BCUT2D eigenvalue weighted by molar-refractivity contribution is 9.10. The molecule has 178 valence electrons. The van der Waals surface area contributed by atoms with Gasteiger partial charge in [0.15, 0.2) is 0 Å². The number of benzene rings is 3. The van der Waals surface area contributed by atoms with Gasteiger partial charge in [0.2, 0.25) is 11.8 Å². The predicted octanol–water partition coefficient (Wildman–Crippen LogP) is 5.77. The van der Waals surface area contributed by atoms with Crippen molar-refractivity contribution in [1.82, 2.24) is 10.2 Å². The normalized spacial score (nSPS) is 11.8. The molecular weight excluding hydrogens is 488 g/mol. The number of hydrogen-bond acceptors (Lipinski definition) is 2. The second-order valence-corrected chi connectivity index (χ2v) is 10.0. The Bertz CT molecular complexity index is 1130. The average molecular weight is 521 g/mol.